The molecule has 0 aromatic heterocycles. The average molecular weight is 415 g/mol. The summed E-state index contributed by atoms with van der Waals surface area (Å²) < 4.78 is 4.77. The molecule has 0 aromatic rings. The fourth-order valence-corrected chi connectivity index (χ4v) is 8.21. The van der Waals surface area contributed by atoms with E-state index in [1.54, 1.807) is 11.1 Å². The maximum absolute atomic E-state index is 11.4. The molecule has 30 heavy (non-hydrogen) atoms. The van der Waals surface area contributed by atoms with Crippen molar-refractivity contribution in [1.82, 2.24) is 0 Å². The molecule has 0 aliphatic heterocycles. The number of hydrogen-bond acceptors (Lipinski definition) is 3. The van der Waals surface area contributed by atoms with Crippen LogP contribution >= 0.6 is 0 Å². The van der Waals surface area contributed by atoms with Crippen LogP contribution < -0.4 is 0 Å². The number of esters is 1. The van der Waals surface area contributed by atoms with Gasteiger partial charge in [-0.25, -0.2) is 0 Å². The summed E-state index contributed by atoms with van der Waals surface area (Å²) >= 11 is 0. The smallest absolute Gasteiger partial charge is 0.305 e. The first kappa shape index (κ1) is 22.1. The number of carbonyl (C=O) groups excluding carboxylic acids is 1. The summed E-state index contributed by atoms with van der Waals surface area (Å²) in [7, 11) is 1.47. The standard InChI is InChI=1S/C27H42O3/c1-18(7-5-6-8-25(29)30-4)22-11-12-23-21-10-9-19-17-20(28)13-15-26(19,2)24(21)14-16-27(22,23)3/h7,9,20-24,28H,5-6,8,10-17H2,1-4H3/b18-7+/t20?,21?,22?,23?,24?,26-,27+/m0/s1. The van der Waals surface area contributed by atoms with Crippen LogP contribution in [0.5, 0.6) is 0 Å². The van der Waals surface area contributed by atoms with Crippen LogP contribution in [0.15, 0.2) is 23.3 Å². The highest BCUT2D eigenvalue weighted by Crippen LogP contribution is 2.67. The molecule has 3 saturated carbocycles. The first-order chi connectivity index (χ1) is 14.3. The van der Waals surface area contributed by atoms with Gasteiger partial charge in [0.2, 0.25) is 0 Å². The van der Waals surface area contributed by atoms with Crippen molar-refractivity contribution in [3.63, 3.8) is 0 Å². The highest BCUT2D eigenvalue weighted by atomic mass is 16.5. The van der Waals surface area contributed by atoms with Gasteiger partial charge in [-0.05, 0) is 106 Å². The van der Waals surface area contributed by atoms with E-state index >= 15 is 0 Å². The first-order valence-electron chi connectivity index (χ1n) is 12.4. The van der Waals surface area contributed by atoms with Gasteiger partial charge in [0.25, 0.3) is 0 Å². The lowest BCUT2D eigenvalue weighted by molar-refractivity contribution is -0.140. The molecule has 0 saturated heterocycles. The lowest BCUT2D eigenvalue weighted by Crippen LogP contribution is -2.50. The Bertz CT molecular complexity index is 722. The molecule has 7 atom stereocenters. The van der Waals surface area contributed by atoms with Crippen molar-refractivity contribution >= 4 is 5.97 Å². The van der Waals surface area contributed by atoms with E-state index in [9.17, 15) is 9.90 Å². The quantitative estimate of drug-likeness (QED) is 0.330. The van der Waals surface area contributed by atoms with Gasteiger partial charge in [-0.2, -0.15) is 0 Å². The summed E-state index contributed by atoms with van der Waals surface area (Å²) in [5.41, 5.74) is 3.89. The topological polar surface area (TPSA) is 46.5 Å². The number of allylic oxidation sites excluding steroid dienone is 3. The largest absolute Gasteiger partial charge is 0.469 e. The van der Waals surface area contributed by atoms with Crippen LogP contribution in [-0.2, 0) is 9.53 Å². The summed E-state index contributed by atoms with van der Waals surface area (Å²) in [6, 6.07) is 0. The SMILES string of the molecule is COC(=O)CCC/C=C(\C)C1CCC2C3CC=C4CC(O)CC[C@]4(C)C3CC[C@]12C. The molecule has 4 aliphatic carbocycles. The fourth-order valence-electron chi connectivity index (χ4n) is 8.21. The number of fused-ring (bicyclic) bond motifs is 5. The zero-order chi connectivity index (χ0) is 21.5. The third-order valence-corrected chi connectivity index (χ3v) is 9.91. The summed E-state index contributed by atoms with van der Waals surface area (Å²) in [6.07, 6.45) is 16.9. The van der Waals surface area contributed by atoms with Crippen molar-refractivity contribution < 1.29 is 14.6 Å². The maximum Gasteiger partial charge on any atom is 0.305 e. The minimum atomic E-state index is -0.113. The molecule has 0 amide bonds. The molecule has 4 aliphatic rings. The second kappa shape index (κ2) is 8.45. The maximum atomic E-state index is 11.4. The van der Waals surface area contributed by atoms with Crippen LogP contribution in [0.3, 0.4) is 0 Å². The second-order valence-corrected chi connectivity index (χ2v) is 11.2. The van der Waals surface area contributed by atoms with Gasteiger partial charge in [0, 0.05) is 6.42 Å². The van der Waals surface area contributed by atoms with Crippen molar-refractivity contribution in [3.8, 4) is 0 Å². The predicted molar refractivity (Wildman–Crippen MR) is 121 cm³/mol. The van der Waals surface area contributed by atoms with Crippen LogP contribution in [0.1, 0.15) is 91.4 Å². The molecule has 3 fully saturated rings. The van der Waals surface area contributed by atoms with Gasteiger partial charge in [-0.1, -0.05) is 37.1 Å². The molecule has 1 N–H and O–H groups in total. The van der Waals surface area contributed by atoms with E-state index < -0.39 is 0 Å². The number of rotatable bonds is 5. The van der Waals surface area contributed by atoms with Crippen molar-refractivity contribution in [1.29, 1.82) is 0 Å². The minimum absolute atomic E-state index is 0.0966. The number of unbranched alkanes of at least 4 members (excludes halogenated alkanes) is 1. The number of carbonyl (C=O) groups is 1. The van der Waals surface area contributed by atoms with Gasteiger partial charge in [0.1, 0.15) is 0 Å². The van der Waals surface area contributed by atoms with Gasteiger partial charge in [-0.15, -0.1) is 0 Å². The lowest BCUT2D eigenvalue weighted by atomic mass is 9.47. The van der Waals surface area contributed by atoms with Gasteiger partial charge < -0.3 is 9.84 Å². The lowest BCUT2D eigenvalue weighted by Gasteiger charge is -2.58. The van der Waals surface area contributed by atoms with E-state index in [1.165, 1.54) is 45.6 Å². The monoisotopic (exact) mass is 414 g/mol. The molecule has 5 unspecified atom stereocenters. The molecular formula is C27H42O3. The summed E-state index contributed by atoms with van der Waals surface area (Å²) in [5, 5.41) is 10.2. The summed E-state index contributed by atoms with van der Waals surface area (Å²) in [6.45, 7) is 7.44. The minimum Gasteiger partial charge on any atom is -0.469 e. The summed E-state index contributed by atoms with van der Waals surface area (Å²) in [4.78, 5) is 11.4. The molecule has 3 heteroatoms. The Kier molecular flexibility index (Phi) is 6.23. The van der Waals surface area contributed by atoms with Gasteiger partial charge in [0.05, 0.1) is 13.2 Å². The van der Waals surface area contributed by atoms with Crippen molar-refractivity contribution in [2.45, 2.75) is 97.5 Å². The van der Waals surface area contributed by atoms with Crippen LogP contribution in [-0.4, -0.2) is 24.3 Å². The Morgan fingerprint density at radius 1 is 1.20 bits per heavy atom. The molecular weight excluding hydrogens is 372 g/mol. The van der Waals surface area contributed by atoms with Crippen molar-refractivity contribution in [2.24, 2.45) is 34.5 Å². The Hall–Kier alpha value is -1.09. The second-order valence-electron chi connectivity index (χ2n) is 11.2. The molecule has 4 rings (SSSR count). The van der Waals surface area contributed by atoms with Crippen molar-refractivity contribution in [2.75, 3.05) is 7.11 Å². The van der Waals surface area contributed by atoms with Crippen LogP contribution in [0.4, 0.5) is 0 Å². The van der Waals surface area contributed by atoms with Gasteiger partial charge >= 0.3 is 5.97 Å². The number of hydrogen-bond donors (Lipinski definition) is 1. The normalized spacial score (nSPS) is 43.3. The van der Waals surface area contributed by atoms with Crippen LogP contribution in [0.2, 0.25) is 0 Å². The Balaban J connectivity index is 1.47. The molecule has 0 heterocycles. The highest BCUT2D eigenvalue weighted by molar-refractivity contribution is 5.69. The number of aliphatic hydroxyl groups excluding tert-OH is 1. The Morgan fingerprint density at radius 3 is 2.77 bits per heavy atom. The third-order valence-electron chi connectivity index (χ3n) is 9.91. The molecule has 3 nitrogen and oxygen atoms in total. The van der Waals surface area contributed by atoms with Gasteiger partial charge in [0.15, 0.2) is 0 Å². The zero-order valence-electron chi connectivity index (χ0n) is 19.6. The average Bonchev–Trinajstić information content (AvgIpc) is 3.08. The Morgan fingerprint density at radius 2 is 2.00 bits per heavy atom. The molecule has 0 radical (unpaired) electrons. The number of aliphatic hydroxyl groups is 1. The predicted octanol–water partition coefficient (Wildman–Crippen LogP) is 6.22. The molecule has 0 spiro atoms. The first-order valence-corrected chi connectivity index (χ1v) is 12.4. The van der Waals surface area contributed by atoms with E-state index in [4.69, 9.17) is 4.74 Å². The fraction of sp³-hybridized carbons (Fsp3) is 0.815. The van der Waals surface area contributed by atoms with E-state index in [0.717, 1.165) is 43.4 Å². The number of methoxy groups -OCH3 is 1. The van der Waals surface area contributed by atoms with Crippen LogP contribution in [0, 0.1) is 34.5 Å². The molecule has 168 valence electrons. The summed E-state index contributed by atoms with van der Waals surface area (Å²) in [5.74, 6) is 3.07. The Labute approximate surface area is 183 Å². The van der Waals surface area contributed by atoms with Crippen molar-refractivity contribution in [3.05, 3.63) is 23.3 Å². The highest BCUT2D eigenvalue weighted by Gasteiger charge is 2.58. The van der Waals surface area contributed by atoms with Crippen LogP contribution in [0.25, 0.3) is 0 Å². The molecule has 0 bridgehead atoms. The van der Waals surface area contributed by atoms with E-state index in [1.807, 2.05) is 0 Å². The number of ether oxygens (including phenoxy) is 1. The third kappa shape index (κ3) is 3.70. The zero-order valence-corrected chi connectivity index (χ0v) is 19.6. The van der Waals surface area contributed by atoms with Gasteiger partial charge in [-0.3, -0.25) is 4.79 Å². The van der Waals surface area contributed by atoms with E-state index in [2.05, 4.69) is 32.9 Å². The van der Waals surface area contributed by atoms with E-state index in [0.29, 0.717) is 23.2 Å². The molecule has 0 aromatic carbocycles. The van der Waals surface area contributed by atoms with E-state index in [-0.39, 0.29) is 12.1 Å².